The van der Waals surface area contributed by atoms with E-state index in [4.69, 9.17) is 4.74 Å². The van der Waals surface area contributed by atoms with Crippen LogP contribution in [-0.4, -0.2) is 43.8 Å². The zero-order valence-corrected chi connectivity index (χ0v) is 19.5. The van der Waals surface area contributed by atoms with Crippen molar-refractivity contribution in [2.45, 2.75) is 46.1 Å². The van der Waals surface area contributed by atoms with Gasteiger partial charge >= 0.3 is 5.97 Å². The molecule has 2 unspecified atom stereocenters. The Morgan fingerprint density at radius 2 is 1.81 bits per heavy atom. The van der Waals surface area contributed by atoms with Gasteiger partial charge in [-0.3, -0.25) is 9.79 Å². The number of guanidine groups is 1. The van der Waals surface area contributed by atoms with Crippen molar-refractivity contribution in [1.29, 1.82) is 0 Å². The van der Waals surface area contributed by atoms with Crippen LogP contribution in [0.1, 0.15) is 51.8 Å². The van der Waals surface area contributed by atoms with Crippen molar-refractivity contribution in [3.05, 3.63) is 35.4 Å². The highest BCUT2D eigenvalue weighted by Crippen LogP contribution is 2.23. The molecule has 154 valence electrons. The molecule has 0 aliphatic heterocycles. The molecule has 6 nitrogen and oxygen atoms in total. The second kappa shape index (κ2) is 12.2. The van der Waals surface area contributed by atoms with Crippen molar-refractivity contribution < 1.29 is 14.6 Å². The zero-order chi connectivity index (χ0) is 19.7. The highest BCUT2D eigenvalue weighted by molar-refractivity contribution is 14.0. The molecular weight excluding hydrogens is 457 g/mol. The Labute approximate surface area is 180 Å². The average molecular weight is 491 g/mol. The predicted octanol–water partition coefficient (Wildman–Crippen LogP) is 3.00. The highest BCUT2D eigenvalue weighted by Gasteiger charge is 2.15. The Balaban J connectivity index is 0.00000676. The first kappa shape index (κ1) is 25.6. The molecule has 0 aliphatic rings. The summed E-state index contributed by atoms with van der Waals surface area (Å²) in [6.07, 6.45) is -0.647. The minimum atomic E-state index is -0.647. The van der Waals surface area contributed by atoms with Crippen LogP contribution < -0.4 is 10.6 Å². The van der Waals surface area contributed by atoms with Crippen LogP contribution in [0.5, 0.6) is 0 Å². The molecule has 0 bridgehead atoms. The minimum Gasteiger partial charge on any atom is -0.469 e. The Morgan fingerprint density at radius 1 is 1.22 bits per heavy atom. The minimum absolute atomic E-state index is 0. The van der Waals surface area contributed by atoms with E-state index in [1.807, 2.05) is 19.1 Å². The second-order valence-electron chi connectivity index (χ2n) is 7.41. The molecule has 0 saturated heterocycles. The van der Waals surface area contributed by atoms with Gasteiger partial charge in [0.1, 0.15) is 0 Å². The number of hydrogen-bond acceptors (Lipinski definition) is 4. The first-order valence-electron chi connectivity index (χ1n) is 9.07. The number of hydrogen-bond donors (Lipinski definition) is 3. The number of aliphatic imine (C=N–C) groups is 1. The lowest BCUT2D eigenvalue weighted by atomic mass is 9.86. The maximum absolute atomic E-state index is 11.5. The van der Waals surface area contributed by atoms with E-state index in [1.54, 1.807) is 6.92 Å². The van der Waals surface area contributed by atoms with E-state index < -0.39 is 6.10 Å². The third-order valence-electron chi connectivity index (χ3n) is 4.10. The van der Waals surface area contributed by atoms with Gasteiger partial charge in [-0.1, -0.05) is 52.0 Å². The van der Waals surface area contributed by atoms with Crippen LogP contribution in [0.3, 0.4) is 0 Å². The number of halogens is 1. The fourth-order valence-corrected chi connectivity index (χ4v) is 2.36. The summed E-state index contributed by atoms with van der Waals surface area (Å²) in [5.41, 5.74) is 2.17. The molecule has 0 amide bonds. The van der Waals surface area contributed by atoms with Crippen LogP contribution >= 0.6 is 24.0 Å². The van der Waals surface area contributed by atoms with Gasteiger partial charge in [-0.2, -0.15) is 0 Å². The largest absolute Gasteiger partial charge is 0.469 e. The summed E-state index contributed by atoms with van der Waals surface area (Å²) in [5.74, 6) is -0.0393. The average Bonchev–Trinajstić information content (AvgIpc) is 2.62. The number of benzene rings is 1. The lowest BCUT2D eigenvalue weighted by Crippen LogP contribution is -2.40. The Morgan fingerprint density at radius 3 is 2.30 bits per heavy atom. The summed E-state index contributed by atoms with van der Waals surface area (Å²) in [4.78, 5) is 15.8. The number of aliphatic hydroxyl groups excluding tert-OH is 1. The maximum Gasteiger partial charge on any atom is 0.310 e. The first-order valence-corrected chi connectivity index (χ1v) is 9.07. The monoisotopic (exact) mass is 491 g/mol. The first-order chi connectivity index (χ1) is 12.2. The van der Waals surface area contributed by atoms with Gasteiger partial charge in [-0.15, -0.1) is 24.0 Å². The summed E-state index contributed by atoms with van der Waals surface area (Å²) < 4.78 is 4.70. The number of carbonyl (C=O) groups is 1. The molecule has 0 radical (unpaired) electrons. The van der Waals surface area contributed by atoms with E-state index in [0.717, 1.165) is 5.56 Å². The number of rotatable bonds is 7. The third kappa shape index (κ3) is 8.92. The van der Waals surface area contributed by atoms with Crippen molar-refractivity contribution in [1.82, 2.24) is 10.6 Å². The smallest absolute Gasteiger partial charge is 0.310 e. The molecule has 0 fully saturated rings. The molecule has 1 rings (SSSR count). The Kier molecular flexibility index (Phi) is 11.6. The Bertz CT molecular complexity index is 597. The second-order valence-corrected chi connectivity index (χ2v) is 7.41. The van der Waals surface area contributed by atoms with Gasteiger partial charge < -0.3 is 20.5 Å². The lowest BCUT2D eigenvalue weighted by molar-refractivity contribution is -0.144. The molecule has 2 atom stereocenters. The van der Waals surface area contributed by atoms with Crippen LogP contribution in [0.2, 0.25) is 0 Å². The lowest BCUT2D eigenvalue weighted by Gasteiger charge is -2.20. The van der Waals surface area contributed by atoms with Crippen LogP contribution in [0.15, 0.2) is 29.3 Å². The van der Waals surface area contributed by atoms with Crippen molar-refractivity contribution in [2.75, 3.05) is 26.7 Å². The van der Waals surface area contributed by atoms with E-state index in [9.17, 15) is 9.90 Å². The van der Waals surface area contributed by atoms with Crippen molar-refractivity contribution in [2.24, 2.45) is 10.9 Å². The number of carbonyl (C=O) groups excluding carboxylic acids is 1. The normalized spacial score (nSPS) is 14.0. The molecular formula is C20H34IN3O3. The number of nitrogens with one attached hydrogen (secondary N) is 2. The van der Waals surface area contributed by atoms with E-state index >= 15 is 0 Å². The SMILES string of the molecule is CCNC(=NCC(C)C(=O)OC)NCC(O)c1ccc(C(C)(C)C)cc1.I. The summed E-state index contributed by atoms with van der Waals surface area (Å²) in [5, 5.41) is 16.6. The van der Waals surface area contributed by atoms with Crippen molar-refractivity contribution in [3.63, 3.8) is 0 Å². The molecule has 1 aromatic carbocycles. The van der Waals surface area contributed by atoms with E-state index in [2.05, 4.69) is 48.5 Å². The topological polar surface area (TPSA) is 83.0 Å². The van der Waals surface area contributed by atoms with Gasteiger partial charge in [0, 0.05) is 13.1 Å². The van der Waals surface area contributed by atoms with Crippen LogP contribution in [0, 0.1) is 5.92 Å². The standard InChI is InChI=1S/C20H33N3O3.HI/c1-7-21-19(22-12-14(2)18(25)26-6)23-13-17(24)15-8-10-16(11-9-15)20(3,4)5;/h8-11,14,17,24H,7,12-13H2,1-6H3,(H2,21,22,23);1H. The number of nitrogens with zero attached hydrogens (tertiary/aromatic N) is 1. The predicted molar refractivity (Wildman–Crippen MR) is 121 cm³/mol. The van der Waals surface area contributed by atoms with Crippen molar-refractivity contribution in [3.8, 4) is 0 Å². The highest BCUT2D eigenvalue weighted by atomic mass is 127. The molecule has 3 N–H and O–H groups in total. The summed E-state index contributed by atoms with van der Waals surface area (Å²) >= 11 is 0. The van der Waals surface area contributed by atoms with Gasteiger partial charge in [-0.05, 0) is 23.5 Å². The maximum atomic E-state index is 11.5. The molecule has 7 heteroatoms. The number of ether oxygens (including phenoxy) is 1. The van der Waals surface area contributed by atoms with Crippen LogP contribution in [-0.2, 0) is 14.9 Å². The van der Waals surface area contributed by atoms with Gasteiger partial charge in [0.15, 0.2) is 5.96 Å². The molecule has 0 aromatic heterocycles. The van der Waals surface area contributed by atoms with Crippen molar-refractivity contribution >= 4 is 35.9 Å². The summed E-state index contributed by atoms with van der Waals surface area (Å²) in [6, 6.07) is 8.01. The zero-order valence-electron chi connectivity index (χ0n) is 17.2. The van der Waals surface area contributed by atoms with Gasteiger partial charge in [0.2, 0.25) is 0 Å². The molecule has 27 heavy (non-hydrogen) atoms. The number of aliphatic hydroxyl groups is 1. The van der Waals surface area contributed by atoms with Crippen LogP contribution in [0.25, 0.3) is 0 Å². The van der Waals surface area contributed by atoms with Gasteiger partial charge in [0.05, 0.1) is 25.7 Å². The fourth-order valence-electron chi connectivity index (χ4n) is 2.36. The third-order valence-corrected chi connectivity index (χ3v) is 4.10. The number of esters is 1. The van der Waals surface area contributed by atoms with E-state index in [0.29, 0.717) is 25.6 Å². The Hall–Kier alpha value is -1.35. The van der Waals surface area contributed by atoms with Crippen LogP contribution in [0.4, 0.5) is 0 Å². The molecule has 0 aliphatic carbocycles. The summed E-state index contributed by atoms with van der Waals surface area (Å²) in [6.45, 7) is 11.5. The number of methoxy groups -OCH3 is 1. The fraction of sp³-hybridized carbons (Fsp3) is 0.600. The molecule has 0 heterocycles. The quantitative estimate of drug-likeness (QED) is 0.237. The molecule has 1 aromatic rings. The molecule has 0 saturated carbocycles. The van der Waals surface area contributed by atoms with E-state index in [1.165, 1.54) is 12.7 Å². The van der Waals surface area contributed by atoms with Gasteiger partial charge in [0.25, 0.3) is 0 Å². The van der Waals surface area contributed by atoms with Gasteiger partial charge in [-0.25, -0.2) is 0 Å². The summed E-state index contributed by atoms with van der Waals surface area (Å²) in [7, 11) is 1.37. The molecule has 0 spiro atoms. The van der Waals surface area contributed by atoms with E-state index in [-0.39, 0.29) is 41.3 Å².